The molecule has 2 atom stereocenters. The Morgan fingerprint density at radius 1 is 1.13 bits per heavy atom. The smallest absolute Gasteiger partial charge is 0.182 e. The van der Waals surface area contributed by atoms with Gasteiger partial charge in [-0.05, 0) is 48.6 Å². The van der Waals surface area contributed by atoms with Crippen LogP contribution >= 0.6 is 11.6 Å². The van der Waals surface area contributed by atoms with Gasteiger partial charge in [-0.1, -0.05) is 29.8 Å². The summed E-state index contributed by atoms with van der Waals surface area (Å²) in [6.45, 7) is 1.19. The molecule has 0 bridgehead atoms. The Balaban J connectivity index is 1.78. The van der Waals surface area contributed by atoms with E-state index < -0.39 is 11.6 Å². The normalized spacial score (nSPS) is 21.5. The number of halogens is 3. The molecule has 1 saturated heterocycles. The first-order valence-electron chi connectivity index (χ1n) is 7.72. The summed E-state index contributed by atoms with van der Waals surface area (Å²) in [6, 6.07) is 11.9. The Hall–Kier alpha value is -1.65. The van der Waals surface area contributed by atoms with E-state index in [1.165, 1.54) is 6.07 Å². The van der Waals surface area contributed by atoms with Gasteiger partial charge in [-0.15, -0.1) is 0 Å². The molecule has 2 unspecified atom stereocenters. The zero-order valence-electron chi connectivity index (χ0n) is 12.7. The molecule has 2 aromatic rings. The first kappa shape index (κ1) is 16.2. The number of benzene rings is 2. The topological polar surface area (TPSA) is 29.3 Å². The Morgan fingerprint density at radius 2 is 1.91 bits per heavy atom. The molecular formula is C18H19ClF2N2. The van der Waals surface area contributed by atoms with Gasteiger partial charge in [0.1, 0.15) is 0 Å². The van der Waals surface area contributed by atoms with Gasteiger partial charge in [0, 0.05) is 24.2 Å². The molecule has 2 aromatic carbocycles. The van der Waals surface area contributed by atoms with E-state index in [9.17, 15) is 8.78 Å². The Labute approximate surface area is 139 Å². The summed E-state index contributed by atoms with van der Waals surface area (Å²) < 4.78 is 27.5. The first-order chi connectivity index (χ1) is 11.0. The van der Waals surface area contributed by atoms with Gasteiger partial charge in [0.25, 0.3) is 0 Å². The number of nitrogens with two attached hydrogens (primary N) is 1. The van der Waals surface area contributed by atoms with Gasteiger partial charge >= 0.3 is 0 Å². The van der Waals surface area contributed by atoms with Crippen LogP contribution < -0.4 is 10.6 Å². The number of rotatable bonds is 3. The molecule has 2 N–H and O–H groups in total. The Kier molecular flexibility index (Phi) is 4.83. The average Bonchev–Trinajstić information content (AvgIpc) is 2.49. The fourth-order valence-electron chi connectivity index (χ4n) is 3.33. The van der Waals surface area contributed by atoms with Crippen LogP contribution in [-0.2, 0) is 6.42 Å². The maximum absolute atomic E-state index is 14.0. The summed E-state index contributed by atoms with van der Waals surface area (Å²) in [7, 11) is 0. The quantitative estimate of drug-likeness (QED) is 0.917. The van der Waals surface area contributed by atoms with E-state index >= 15 is 0 Å². The molecule has 0 saturated carbocycles. The van der Waals surface area contributed by atoms with Crippen molar-refractivity contribution in [2.75, 3.05) is 18.0 Å². The van der Waals surface area contributed by atoms with E-state index in [2.05, 4.69) is 0 Å². The Bertz CT molecular complexity index is 692. The fraction of sp³-hybridized carbons (Fsp3) is 0.333. The van der Waals surface area contributed by atoms with Crippen molar-refractivity contribution in [2.24, 2.45) is 11.7 Å². The molecule has 0 amide bonds. The van der Waals surface area contributed by atoms with E-state index in [0.717, 1.165) is 24.5 Å². The van der Waals surface area contributed by atoms with Crippen LogP contribution in [0.15, 0.2) is 42.5 Å². The van der Waals surface area contributed by atoms with Crippen LogP contribution in [0.3, 0.4) is 0 Å². The molecule has 1 heterocycles. The van der Waals surface area contributed by atoms with Crippen LogP contribution in [-0.4, -0.2) is 19.1 Å². The summed E-state index contributed by atoms with van der Waals surface area (Å²) in [6.07, 6.45) is 1.68. The minimum Gasteiger partial charge on any atom is -0.367 e. The predicted octanol–water partition coefficient (Wildman–Crippen LogP) is 4.01. The third-order valence-electron chi connectivity index (χ3n) is 4.25. The number of anilines is 1. The van der Waals surface area contributed by atoms with Gasteiger partial charge in [-0.25, -0.2) is 8.78 Å². The van der Waals surface area contributed by atoms with Crippen molar-refractivity contribution in [3.8, 4) is 0 Å². The van der Waals surface area contributed by atoms with E-state index in [-0.39, 0.29) is 17.6 Å². The molecule has 3 rings (SSSR count). The molecule has 0 aliphatic carbocycles. The highest BCUT2D eigenvalue weighted by molar-refractivity contribution is 6.30. The van der Waals surface area contributed by atoms with Crippen molar-refractivity contribution >= 4 is 17.3 Å². The third-order valence-corrected chi connectivity index (χ3v) is 4.49. The standard InChI is InChI=1S/C18H19ClF2N2/c19-14-4-1-3-12(8-14)7-13-9-15(22)11-23(10-13)17-6-2-5-16(20)18(17)21/h1-6,8,13,15H,7,9-11,22H2. The van der Waals surface area contributed by atoms with E-state index in [4.69, 9.17) is 17.3 Å². The second-order valence-electron chi connectivity index (χ2n) is 6.17. The molecule has 2 nitrogen and oxygen atoms in total. The molecule has 1 aliphatic heterocycles. The monoisotopic (exact) mass is 336 g/mol. The highest BCUT2D eigenvalue weighted by Gasteiger charge is 2.27. The van der Waals surface area contributed by atoms with Crippen molar-refractivity contribution in [3.63, 3.8) is 0 Å². The number of hydrogen-bond donors (Lipinski definition) is 1. The van der Waals surface area contributed by atoms with Gasteiger partial charge in [0.2, 0.25) is 0 Å². The van der Waals surface area contributed by atoms with Crippen molar-refractivity contribution in [3.05, 3.63) is 64.7 Å². The van der Waals surface area contributed by atoms with Gasteiger partial charge in [0.15, 0.2) is 11.6 Å². The lowest BCUT2D eigenvalue weighted by Crippen LogP contribution is -2.48. The number of piperidine rings is 1. The summed E-state index contributed by atoms with van der Waals surface area (Å²) in [4.78, 5) is 1.85. The van der Waals surface area contributed by atoms with Gasteiger partial charge in [-0.3, -0.25) is 0 Å². The van der Waals surface area contributed by atoms with E-state index in [0.29, 0.717) is 18.1 Å². The van der Waals surface area contributed by atoms with Gasteiger partial charge < -0.3 is 10.6 Å². The number of hydrogen-bond acceptors (Lipinski definition) is 2. The van der Waals surface area contributed by atoms with Crippen LogP contribution in [0.2, 0.25) is 5.02 Å². The lowest BCUT2D eigenvalue weighted by atomic mass is 9.88. The summed E-state index contributed by atoms with van der Waals surface area (Å²) in [5.41, 5.74) is 7.56. The van der Waals surface area contributed by atoms with Gasteiger partial charge in [0.05, 0.1) is 5.69 Å². The molecule has 23 heavy (non-hydrogen) atoms. The lowest BCUT2D eigenvalue weighted by Gasteiger charge is -2.38. The lowest BCUT2D eigenvalue weighted by molar-refractivity contribution is 0.370. The van der Waals surface area contributed by atoms with E-state index in [1.807, 2.05) is 29.2 Å². The SMILES string of the molecule is NC1CC(Cc2cccc(Cl)c2)CN(c2cccc(F)c2F)C1. The maximum Gasteiger partial charge on any atom is 0.182 e. The molecule has 0 radical (unpaired) electrons. The van der Waals surface area contributed by atoms with E-state index in [1.54, 1.807) is 6.07 Å². The molecule has 122 valence electrons. The fourth-order valence-corrected chi connectivity index (χ4v) is 3.54. The van der Waals surface area contributed by atoms with Crippen LogP contribution in [0, 0.1) is 17.6 Å². The minimum absolute atomic E-state index is 0.0596. The summed E-state index contributed by atoms with van der Waals surface area (Å²) in [5, 5.41) is 0.704. The van der Waals surface area contributed by atoms with Gasteiger partial charge in [-0.2, -0.15) is 0 Å². The molecule has 0 spiro atoms. The molecular weight excluding hydrogens is 318 g/mol. The first-order valence-corrected chi connectivity index (χ1v) is 8.09. The van der Waals surface area contributed by atoms with Crippen molar-refractivity contribution < 1.29 is 8.78 Å². The zero-order valence-corrected chi connectivity index (χ0v) is 13.4. The number of nitrogens with zero attached hydrogens (tertiary/aromatic N) is 1. The highest BCUT2D eigenvalue weighted by atomic mass is 35.5. The van der Waals surface area contributed by atoms with Crippen molar-refractivity contribution in [1.29, 1.82) is 0 Å². The summed E-state index contributed by atoms with van der Waals surface area (Å²) >= 11 is 6.03. The average molecular weight is 337 g/mol. The minimum atomic E-state index is -0.826. The summed E-state index contributed by atoms with van der Waals surface area (Å²) in [5.74, 6) is -1.35. The van der Waals surface area contributed by atoms with Crippen LogP contribution in [0.1, 0.15) is 12.0 Å². The second-order valence-corrected chi connectivity index (χ2v) is 6.61. The Morgan fingerprint density at radius 3 is 2.70 bits per heavy atom. The maximum atomic E-state index is 14.0. The molecule has 1 aliphatic rings. The predicted molar refractivity (Wildman–Crippen MR) is 89.8 cm³/mol. The van der Waals surface area contributed by atoms with Crippen LogP contribution in [0.4, 0.5) is 14.5 Å². The zero-order chi connectivity index (χ0) is 16.4. The second kappa shape index (κ2) is 6.85. The van der Waals surface area contributed by atoms with Crippen LogP contribution in [0.5, 0.6) is 0 Å². The molecule has 1 fully saturated rings. The van der Waals surface area contributed by atoms with Crippen molar-refractivity contribution in [1.82, 2.24) is 0 Å². The molecule has 5 heteroatoms. The molecule has 0 aromatic heterocycles. The largest absolute Gasteiger partial charge is 0.367 e. The van der Waals surface area contributed by atoms with Crippen molar-refractivity contribution in [2.45, 2.75) is 18.9 Å². The van der Waals surface area contributed by atoms with Crippen LogP contribution in [0.25, 0.3) is 0 Å². The highest BCUT2D eigenvalue weighted by Crippen LogP contribution is 2.28. The third kappa shape index (κ3) is 3.82.